The second-order valence-electron chi connectivity index (χ2n) is 12.1. The number of pyridine rings is 1. The number of Topliss-reactive ketones (excluding diaryl/α,β-unsaturated/α-hetero) is 1. The van der Waals surface area contributed by atoms with Crippen LogP contribution in [0.2, 0.25) is 0 Å². The lowest BCUT2D eigenvalue weighted by Gasteiger charge is -2.58. The molecule has 6 aliphatic rings. The second kappa shape index (κ2) is 8.21. The Kier molecular flexibility index (Phi) is 5.12. The summed E-state index contributed by atoms with van der Waals surface area (Å²) in [5, 5.41) is 17.0. The van der Waals surface area contributed by atoms with Gasteiger partial charge in [-0.3, -0.25) is 24.0 Å². The number of primary amides is 1. The third-order valence-electron chi connectivity index (χ3n) is 9.76. The molecule has 0 spiro atoms. The number of allylic oxidation sites excluding steroid dienone is 1. The molecule has 9 nitrogen and oxygen atoms in total. The van der Waals surface area contributed by atoms with E-state index in [4.69, 9.17) is 10.8 Å². The average molecular weight is 504 g/mol. The second-order valence-corrected chi connectivity index (χ2v) is 12.1. The Morgan fingerprint density at radius 1 is 1.11 bits per heavy atom. The number of likely N-dealkylation sites (tertiary alicyclic amines) is 1. The predicted molar refractivity (Wildman–Crippen MR) is 135 cm³/mol. The first-order valence-corrected chi connectivity index (χ1v) is 13.7. The van der Waals surface area contributed by atoms with Crippen LogP contribution < -0.4 is 5.73 Å². The SMILES string of the molecule is NC(=O)C1CCN(C(=O)C(=O)Cc2nn(C3[C@@H]4CC5C[C@H]3CC(O)(C5)C4)c3c4c(ncc23)CC=C4)CC1. The Balaban J connectivity index is 1.21. The van der Waals surface area contributed by atoms with Crippen LogP contribution in [0.15, 0.2) is 12.3 Å². The maximum atomic E-state index is 13.2. The number of nitrogens with two attached hydrogens (primary N) is 1. The third-order valence-corrected chi connectivity index (χ3v) is 9.76. The molecule has 3 unspecified atom stereocenters. The van der Waals surface area contributed by atoms with Crippen LogP contribution >= 0.6 is 0 Å². The van der Waals surface area contributed by atoms with Gasteiger partial charge in [-0.25, -0.2) is 0 Å². The van der Waals surface area contributed by atoms with Gasteiger partial charge in [0.15, 0.2) is 0 Å². The summed E-state index contributed by atoms with van der Waals surface area (Å²) in [5.41, 5.74) is 8.57. The number of hydrogen-bond acceptors (Lipinski definition) is 6. The Hall–Kier alpha value is -3.07. The van der Waals surface area contributed by atoms with Crippen molar-refractivity contribution >= 4 is 34.6 Å². The number of amides is 2. The number of piperidine rings is 1. The molecule has 5 aliphatic carbocycles. The highest BCUT2D eigenvalue weighted by Crippen LogP contribution is 2.60. The Bertz CT molecular complexity index is 1340. The third kappa shape index (κ3) is 3.65. The molecule has 194 valence electrons. The molecule has 5 atom stereocenters. The van der Waals surface area contributed by atoms with Gasteiger partial charge in [-0.05, 0) is 62.7 Å². The number of aromatic nitrogens is 3. The molecule has 1 aliphatic heterocycles. The number of carbonyl (C=O) groups is 3. The molecule has 3 N–H and O–H groups in total. The molecule has 0 radical (unpaired) electrons. The molecular weight excluding hydrogens is 470 g/mol. The smallest absolute Gasteiger partial charge is 0.290 e. The lowest BCUT2D eigenvalue weighted by molar-refractivity contribution is -0.148. The summed E-state index contributed by atoms with van der Waals surface area (Å²) in [6.45, 7) is 0.728. The fourth-order valence-corrected chi connectivity index (χ4v) is 8.34. The summed E-state index contributed by atoms with van der Waals surface area (Å²) in [7, 11) is 0. The first-order valence-electron chi connectivity index (χ1n) is 13.7. The van der Waals surface area contributed by atoms with Crippen molar-refractivity contribution in [3.63, 3.8) is 0 Å². The Morgan fingerprint density at radius 2 is 1.84 bits per heavy atom. The normalized spacial score (nSPS) is 32.3. The zero-order valence-corrected chi connectivity index (χ0v) is 20.9. The highest BCUT2D eigenvalue weighted by atomic mass is 16.3. The van der Waals surface area contributed by atoms with Crippen molar-refractivity contribution in [1.29, 1.82) is 0 Å². The Labute approximate surface area is 215 Å². The van der Waals surface area contributed by atoms with E-state index in [2.05, 4.69) is 21.8 Å². The first-order chi connectivity index (χ1) is 17.8. The number of ketones is 1. The lowest BCUT2D eigenvalue weighted by atomic mass is 9.52. The lowest BCUT2D eigenvalue weighted by Crippen LogP contribution is -2.55. The van der Waals surface area contributed by atoms with E-state index in [1.54, 1.807) is 0 Å². The van der Waals surface area contributed by atoms with Gasteiger partial charge in [-0.1, -0.05) is 12.2 Å². The summed E-state index contributed by atoms with van der Waals surface area (Å²) < 4.78 is 2.15. The van der Waals surface area contributed by atoms with Gasteiger partial charge in [0.25, 0.3) is 5.91 Å². The number of nitrogens with zero attached hydrogens (tertiary/aromatic N) is 4. The number of rotatable bonds is 5. The van der Waals surface area contributed by atoms with Gasteiger partial charge in [-0.15, -0.1) is 0 Å². The number of carbonyl (C=O) groups excluding carboxylic acids is 3. The van der Waals surface area contributed by atoms with Crippen molar-refractivity contribution in [3.8, 4) is 0 Å². The largest absolute Gasteiger partial charge is 0.390 e. The quantitative estimate of drug-likeness (QED) is 0.600. The van der Waals surface area contributed by atoms with Gasteiger partial charge in [0.1, 0.15) is 0 Å². The van der Waals surface area contributed by atoms with Gasteiger partial charge in [0.2, 0.25) is 11.7 Å². The summed E-state index contributed by atoms with van der Waals surface area (Å²) in [4.78, 5) is 43.9. The molecule has 5 fully saturated rings. The molecule has 37 heavy (non-hydrogen) atoms. The van der Waals surface area contributed by atoms with Gasteiger partial charge < -0.3 is 15.7 Å². The molecule has 1 saturated heterocycles. The fourth-order valence-electron chi connectivity index (χ4n) is 8.34. The van der Waals surface area contributed by atoms with Crippen molar-refractivity contribution in [2.45, 2.75) is 69.4 Å². The van der Waals surface area contributed by atoms with E-state index < -0.39 is 17.3 Å². The minimum atomic E-state index is -0.535. The topological polar surface area (TPSA) is 131 Å². The van der Waals surface area contributed by atoms with Crippen LogP contribution in [0.5, 0.6) is 0 Å². The van der Waals surface area contributed by atoms with Crippen LogP contribution in [0, 0.1) is 23.7 Å². The van der Waals surface area contributed by atoms with Gasteiger partial charge in [0, 0.05) is 42.6 Å². The van der Waals surface area contributed by atoms with Crippen LogP contribution in [-0.2, 0) is 27.2 Å². The summed E-state index contributed by atoms with van der Waals surface area (Å²) in [6, 6.07) is 0.187. The minimum absolute atomic E-state index is 0.0725. The van der Waals surface area contributed by atoms with Crippen LogP contribution in [0.4, 0.5) is 0 Å². The summed E-state index contributed by atoms with van der Waals surface area (Å²) in [6.07, 6.45) is 12.5. The van der Waals surface area contributed by atoms with Crippen LogP contribution in [-0.4, -0.2) is 61.1 Å². The van der Waals surface area contributed by atoms with Crippen molar-refractivity contribution in [3.05, 3.63) is 29.2 Å². The highest BCUT2D eigenvalue weighted by molar-refractivity contribution is 6.36. The van der Waals surface area contributed by atoms with Gasteiger partial charge in [-0.2, -0.15) is 5.10 Å². The molecular formula is C28H33N5O4. The maximum Gasteiger partial charge on any atom is 0.290 e. The van der Waals surface area contributed by atoms with E-state index in [-0.39, 0.29) is 24.3 Å². The minimum Gasteiger partial charge on any atom is -0.390 e. The summed E-state index contributed by atoms with van der Waals surface area (Å²) in [5.74, 6) is -0.266. The van der Waals surface area contributed by atoms with E-state index in [9.17, 15) is 19.5 Å². The van der Waals surface area contributed by atoms with E-state index >= 15 is 0 Å². The van der Waals surface area contributed by atoms with Crippen LogP contribution in [0.1, 0.15) is 67.9 Å². The molecule has 9 heteroatoms. The molecule has 4 bridgehead atoms. The monoisotopic (exact) mass is 503 g/mol. The highest BCUT2D eigenvalue weighted by Gasteiger charge is 2.56. The molecule has 2 aromatic heterocycles. The van der Waals surface area contributed by atoms with E-state index in [0.29, 0.717) is 49.4 Å². The fraction of sp³-hybridized carbons (Fsp3) is 0.607. The molecule has 8 rings (SSSR count). The Morgan fingerprint density at radius 3 is 2.51 bits per heavy atom. The molecule has 2 amide bonds. The maximum absolute atomic E-state index is 13.2. The van der Waals surface area contributed by atoms with Crippen LogP contribution in [0.3, 0.4) is 0 Å². The van der Waals surface area contributed by atoms with E-state index in [1.807, 2.05) is 6.20 Å². The van der Waals surface area contributed by atoms with Crippen molar-refractivity contribution in [2.75, 3.05) is 13.1 Å². The molecule has 4 saturated carbocycles. The zero-order chi connectivity index (χ0) is 25.5. The van der Waals surface area contributed by atoms with Crippen molar-refractivity contribution < 1.29 is 19.5 Å². The zero-order valence-electron chi connectivity index (χ0n) is 20.9. The van der Waals surface area contributed by atoms with Crippen LogP contribution in [0.25, 0.3) is 17.0 Å². The van der Waals surface area contributed by atoms with Crippen molar-refractivity contribution in [1.82, 2.24) is 19.7 Å². The number of aliphatic hydroxyl groups is 1. The van der Waals surface area contributed by atoms with E-state index in [0.717, 1.165) is 60.7 Å². The standard InChI is InChI=1S/C28H33N5O4/c29-26(35)16-4-6-32(7-5-16)27(36)23(34)10-22-20-14-30-21-3-1-2-19(21)25(20)33(31-22)24-17-8-15-9-18(24)13-28(37,11-15)12-17/h1-2,14-18,24,37H,3-13H2,(H2,29,35)/t15?,17-,18+,24?,28?. The molecule has 0 aromatic carbocycles. The molecule has 2 aromatic rings. The first kappa shape index (κ1) is 23.1. The van der Waals surface area contributed by atoms with Gasteiger partial charge in [0.05, 0.1) is 35.0 Å². The summed E-state index contributed by atoms with van der Waals surface area (Å²) >= 11 is 0. The number of fused-ring (bicyclic) bond motifs is 3. The predicted octanol–water partition coefficient (Wildman–Crippen LogP) is 1.95. The van der Waals surface area contributed by atoms with Gasteiger partial charge >= 0.3 is 0 Å². The molecule has 3 heterocycles. The van der Waals surface area contributed by atoms with E-state index in [1.165, 1.54) is 4.90 Å². The van der Waals surface area contributed by atoms with Crippen molar-refractivity contribution in [2.24, 2.45) is 29.4 Å². The number of hydrogen-bond donors (Lipinski definition) is 2. The average Bonchev–Trinajstić information content (AvgIpc) is 3.47.